The van der Waals surface area contributed by atoms with Gasteiger partial charge in [0.1, 0.15) is 0 Å². The first kappa shape index (κ1) is 18.9. The van der Waals surface area contributed by atoms with Crippen LogP contribution in [-0.2, 0) is 11.3 Å². The van der Waals surface area contributed by atoms with Gasteiger partial charge in [0.25, 0.3) is 0 Å². The summed E-state index contributed by atoms with van der Waals surface area (Å²) in [6, 6.07) is 24.9. The quantitative estimate of drug-likeness (QED) is 0.262. The number of nitrogens with zero attached hydrogens (tertiary/aromatic N) is 1. The van der Waals surface area contributed by atoms with Gasteiger partial charge in [0.05, 0.1) is 18.9 Å². The molecule has 0 N–H and O–H groups in total. The van der Waals surface area contributed by atoms with E-state index in [-0.39, 0.29) is 0 Å². The summed E-state index contributed by atoms with van der Waals surface area (Å²) >= 11 is 7.04. The lowest BCUT2D eigenvalue weighted by molar-refractivity contribution is 0.149. The molecule has 0 saturated heterocycles. The summed E-state index contributed by atoms with van der Waals surface area (Å²) in [5.74, 6) is 0. The zero-order chi connectivity index (χ0) is 18.4. The maximum atomic E-state index is 5.71. The Balaban J connectivity index is 2.07. The third-order valence-corrected chi connectivity index (χ3v) is 4.95. The van der Waals surface area contributed by atoms with E-state index in [1.54, 1.807) is 6.08 Å². The van der Waals surface area contributed by atoms with E-state index in [0.29, 0.717) is 13.2 Å². The van der Waals surface area contributed by atoms with Crippen LogP contribution >= 0.6 is 31.9 Å². The molecule has 0 fully saturated rings. The Bertz CT molecular complexity index is 815. The lowest BCUT2D eigenvalue weighted by Gasteiger charge is -2.27. The van der Waals surface area contributed by atoms with Gasteiger partial charge in [-0.3, -0.25) is 0 Å². The summed E-state index contributed by atoms with van der Waals surface area (Å²) in [6.45, 7) is 4.78. The number of halogens is 2. The minimum absolute atomic E-state index is 0.533. The van der Waals surface area contributed by atoms with Crippen molar-refractivity contribution in [3.63, 3.8) is 0 Å². The van der Waals surface area contributed by atoms with Crippen molar-refractivity contribution in [3.05, 3.63) is 100.0 Å². The first-order chi connectivity index (χ1) is 12.7. The van der Waals surface area contributed by atoms with Crippen LogP contribution in [-0.4, -0.2) is 6.61 Å². The van der Waals surface area contributed by atoms with Crippen LogP contribution in [0.25, 0.3) is 0 Å². The van der Waals surface area contributed by atoms with Crippen LogP contribution in [0.15, 0.2) is 94.4 Å². The molecule has 4 heteroatoms. The molecule has 0 heterocycles. The predicted octanol–water partition coefficient (Wildman–Crippen LogP) is 7.38. The van der Waals surface area contributed by atoms with Crippen LogP contribution in [0.1, 0.15) is 5.56 Å². The fourth-order valence-corrected chi connectivity index (χ4v) is 3.24. The normalized spacial score (nSPS) is 10.5. The number of rotatable bonds is 7. The monoisotopic (exact) mass is 471 g/mol. The van der Waals surface area contributed by atoms with Crippen molar-refractivity contribution in [1.82, 2.24) is 0 Å². The van der Waals surface area contributed by atoms with Gasteiger partial charge < -0.3 is 9.64 Å². The Morgan fingerprint density at radius 3 is 1.88 bits per heavy atom. The Kier molecular flexibility index (Phi) is 6.67. The van der Waals surface area contributed by atoms with Gasteiger partial charge in [-0.15, -0.1) is 6.58 Å². The standard InChI is InChI=1S/C22H19Br2NO/c1-2-15-26-16-17-5-3-4-6-22(17)25(20-11-7-18(23)8-12-20)21-13-9-19(24)10-14-21/h2-14H,1,15-16H2. The van der Waals surface area contributed by atoms with Gasteiger partial charge in [-0.1, -0.05) is 56.1 Å². The lowest BCUT2D eigenvalue weighted by Crippen LogP contribution is -2.12. The molecule has 0 aromatic heterocycles. The molecule has 0 bridgehead atoms. The highest BCUT2D eigenvalue weighted by Crippen LogP contribution is 2.37. The topological polar surface area (TPSA) is 12.5 Å². The van der Waals surface area contributed by atoms with Crippen molar-refractivity contribution >= 4 is 48.9 Å². The molecule has 26 heavy (non-hydrogen) atoms. The Labute approximate surface area is 171 Å². The molecular weight excluding hydrogens is 454 g/mol. The van der Waals surface area contributed by atoms with E-state index >= 15 is 0 Å². The van der Waals surface area contributed by atoms with Gasteiger partial charge in [0.2, 0.25) is 0 Å². The fourth-order valence-electron chi connectivity index (χ4n) is 2.71. The van der Waals surface area contributed by atoms with Gasteiger partial charge in [-0.2, -0.15) is 0 Å². The van der Waals surface area contributed by atoms with Gasteiger partial charge in [-0.05, 0) is 54.6 Å². The van der Waals surface area contributed by atoms with Crippen LogP contribution in [0.3, 0.4) is 0 Å². The second-order valence-electron chi connectivity index (χ2n) is 5.72. The molecule has 0 atom stereocenters. The maximum Gasteiger partial charge on any atom is 0.0741 e. The predicted molar refractivity (Wildman–Crippen MR) is 116 cm³/mol. The molecule has 0 aliphatic heterocycles. The van der Waals surface area contributed by atoms with Gasteiger partial charge >= 0.3 is 0 Å². The number of hydrogen-bond acceptors (Lipinski definition) is 2. The summed E-state index contributed by atoms with van der Waals surface area (Å²) in [5.41, 5.74) is 4.40. The number of hydrogen-bond donors (Lipinski definition) is 0. The van der Waals surface area contributed by atoms with Crippen molar-refractivity contribution in [2.24, 2.45) is 0 Å². The Morgan fingerprint density at radius 1 is 0.808 bits per heavy atom. The van der Waals surface area contributed by atoms with E-state index in [2.05, 4.69) is 110 Å². The number of benzene rings is 3. The number of ether oxygens (including phenoxy) is 1. The van der Waals surface area contributed by atoms with Crippen LogP contribution in [0.2, 0.25) is 0 Å². The summed E-state index contributed by atoms with van der Waals surface area (Å²) < 4.78 is 7.82. The Hall–Kier alpha value is -1.88. The summed E-state index contributed by atoms with van der Waals surface area (Å²) in [4.78, 5) is 2.24. The van der Waals surface area contributed by atoms with Crippen LogP contribution in [0, 0.1) is 0 Å². The molecule has 3 rings (SSSR count). The zero-order valence-electron chi connectivity index (χ0n) is 14.2. The van der Waals surface area contributed by atoms with Crippen LogP contribution in [0.5, 0.6) is 0 Å². The highest BCUT2D eigenvalue weighted by Gasteiger charge is 2.15. The minimum atomic E-state index is 0.533. The summed E-state index contributed by atoms with van der Waals surface area (Å²) in [7, 11) is 0. The SMILES string of the molecule is C=CCOCc1ccccc1N(c1ccc(Br)cc1)c1ccc(Br)cc1. The smallest absolute Gasteiger partial charge is 0.0741 e. The molecular formula is C22H19Br2NO. The molecule has 2 nitrogen and oxygen atoms in total. The van der Waals surface area contributed by atoms with Crippen LogP contribution < -0.4 is 4.90 Å². The largest absolute Gasteiger partial charge is 0.373 e. The second kappa shape index (κ2) is 9.17. The highest BCUT2D eigenvalue weighted by molar-refractivity contribution is 9.10. The molecule has 132 valence electrons. The van der Waals surface area contributed by atoms with E-state index in [1.165, 1.54) is 0 Å². The molecule has 3 aromatic rings. The van der Waals surface area contributed by atoms with Crippen molar-refractivity contribution in [3.8, 4) is 0 Å². The van der Waals surface area contributed by atoms with Crippen LogP contribution in [0.4, 0.5) is 17.1 Å². The van der Waals surface area contributed by atoms with Crippen molar-refractivity contribution in [2.45, 2.75) is 6.61 Å². The molecule has 3 aromatic carbocycles. The molecule has 0 radical (unpaired) electrons. The first-order valence-electron chi connectivity index (χ1n) is 8.27. The van der Waals surface area contributed by atoms with E-state index in [1.807, 2.05) is 6.07 Å². The third kappa shape index (κ3) is 4.64. The van der Waals surface area contributed by atoms with Gasteiger partial charge in [0.15, 0.2) is 0 Å². The molecule has 0 unspecified atom stereocenters. The third-order valence-electron chi connectivity index (χ3n) is 3.90. The summed E-state index contributed by atoms with van der Waals surface area (Å²) in [6.07, 6.45) is 1.77. The van der Waals surface area contributed by atoms with Gasteiger partial charge in [-0.25, -0.2) is 0 Å². The number of anilines is 3. The first-order valence-corrected chi connectivity index (χ1v) is 9.85. The second-order valence-corrected chi connectivity index (χ2v) is 7.55. The average molecular weight is 473 g/mol. The maximum absolute atomic E-state index is 5.71. The molecule has 0 amide bonds. The highest BCUT2D eigenvalue weighted by atomic mass is 79.9. The van der Waals surface area contributed by atoms with E-state index in [0.717, 1.165) is 31.6 Å². The van der Waals surface area contributed by atoms with E-state index < -0.39 is 0 Å². The Morgan fingerprint density at radius 2 is 1.35 bits per heavy atom. The average Bonchev–Trinajstić information content (AvgIpc) is 2.66. The van der Waals surface area contributed by atoms with E-state index in [4.69, 9.17) is 4.74 Å². The molecule has 0 saturated carbocycles. The molecule has 0 aliphatic carbocycles. The molecule has 0 spiro atoms. The lowest BCUT2D eigenvalue weighted by atomic mass is 10.1. The molecule has 0 aliphatic rings. The zero-order valence-corrected chi connectivity index (χ0v) is 17.4. The number of para-hydroxylation sites is 1. The van der Waals surface area contributed by atoms with Crippen molar-refractivity contribution in [1.29, 1.82) is 0 Å². The minimum Gasteiger partial charge on any atom is -0.373 e. The van der Waals surface area contributed by atoms with E-state index in [9.17, 15) is 0 Å². The summed E-state index contributed by atoms with van der Waals surface area (Å²) in [5, 5.41) is 0. The fraction of sp³-hybridized carbons (Fsp3) is 0.0909. The van der Waals surface area contributed by atoms with Gasteiger partial charge in [0, 0.05) is 25.9 Å². The van der Waals surface area contributed by atoms with Crippen molar-refractivity contribution in [2.75, 3.05) is 11.5 Å². The van der Waals surface area contributed by atoms with Crippen molar-refractivity contribution < 1.29 is 4.74 Å².